The monoisotopic (exact) mass is 209 g/mol. The van der Waals surface area contributed by atoms with Crippen LogP contribution in [-0.2, 0) is 0 Å². The van der Waals surface area contributed by atoms with Gasteiger partial charge in [0, 0.05) is 24.2 Å². The molecule has 1 unspecified atom stereocenters. The molecule has 0 amide bonds. The van der Waals surface area contributed by atoms with Crippen molar-refractivity contribution in [3.05, 3.63) is 42.2 Å². The minimum Gasteiger partial charge on any atom is -0.497 e. The Morgan fingerprint density at radius 2 is 2.33 bits per heavy atom. The number of methoxy groups -OCH3 is 1. The zero-order valence-corrected chi connectivity index (χ0v) is 9.09. The van der Waals surface area contributed by atoms with E-state index in [4.69, 9.17) is 4.74 Å². The van der Waals surface area contributed by atoms with Gasteiger partial charge in [0.15, 0.2) is 0 Å². The quantitative estimate of drug-likeness (QED) is 0.753. The van der Waals surface area contributed by atoms with Crippen LogP contribution >= 0.6 is 0 Å². The van der Waals surface area contributed by atoms with Crippen molar-refractivity contribution in [2.75, 3.05) is 13.7 Å². The van der Waals surface area contributed by atoms with Crippen molar-refractivity contribution in [2.45, 2.75) is 13.0 Å². The van der Waals surface area contributed by atoms with Crippen molar-refractivity contribution in [2.24, 2.45) is 0 Å². The number of nitrogens with one attached hydrogen (secondary N) is 1. The van der Waals surface area contributed by atoms with E-state index in [2.05, 4.69) is 11.9 Å². The molecule has 0 heterocycles. The van der Waals surface area contributed by atoms with E-state index in [0.717, 1.165) is 0 Å². The minimum absolute atomic E-state index is 0.0334. The molecule has 15 heavy (non-hydrogen) atoms. The first kappa shape index (κ1) is 11.7. The van der Waals surface area contributed by atoms with Crippen molar-refractivity contribution >= 4 is 0 Å². The fourth-order valence-corrected chi connectivity index (χ4v) is 1.36. The lowest BCUT2D eigenvalue weighted by Gasteiger charge is -2.14. The summed E-state index contributed by atoms with van der Waals surface area (Å²) < 4.78 is 18.5. The van der Waals surface area contributed by atoms with Crippen LogP contribution in [-0.4, -0.2) is 13.7 Å². The summed E-state index contributed by atoms with van der Waals surface area (Å²) >= 11 is 0. The van der Waals surface area contributed by atoms with Crippen LogP contribution in [0.1, 0.15) is 18.5 Å². The summed E-state index contributed by atoms with van der Waals surface area (Å²) in [5.41, 5.74) is 0.637. The highest BCUT2D eigenvalue weighted by Crippen LogP contribution is 2.21. The summed E-state index contributed by atoms with van der Waals surface area (Å²) in [6.07, 6.45) is 1.75. The molecule has 0 aliphatic heterocycles. The van der Waals surface area contributed by atoms with Gasteiger partial charge in [-0.25, -0.2) is 4.39 Å². The van der Waals surface area contributed by atoms with Gasteiger partial charge in [-0.15, -0.1) is 6.58 Å². The van der Waals surface area contributed by atoms with Crippen molar-refractivity contribution < 1.29 is 9.13 Å². The summed E-state index contributed by atoms with van der Waals surface area (Å²) in [5.74, 6) is 0.283. The second kappa shape index (κ2) is 5.51. The number of halogens is 1. The average molecular weight is 209 g/mol. The van der Waals surface area contributed by atoms with Crippen LogP contribution in [0.15, 0.2) is 30.9 Å². The van der Waals surface area contributed by atoms with Gasteiger partial charge in [-0.05, 0) is 13.0 Å². The van der Waals surface area contributed by atoms with Crippen LogP contribution in [0.5, 0.6) is 5.75 Å². The fraction of sp³-hybridized carbons (Fsp3) is 0.333. The standard InChI is InChI=1S/C12H16FNO/c1-4-7-14-9(2)11-6-5-10(15-3)8-12(11)13/h4-6,8-9,14H,1,7H2,2-3H3. The van der Waals surface area contributed by atoms with E-state index in [9.17, 15) is 4.39 Å². The highest BCUT2D eigenvalue weighted by molar-refractivity contribution is 5.30. The molecular formula is C12H16FNO. The normalized spacial score (nSPS) is 12.2. The van der Waals surface area contributed by atoms with Gasteiger partial charge in [-0.2, -0.15) is 0 Å². The summed E-state index contributed by atoms with van der Waals surface area (Å²) in [5, 5.41) is 3.13. The molecule has 1 aromatic carbocycles. The Hall–Kier alpha value is -1.35. The molecule has 1 aromatic rings. The van der Waals surface area contributed by atoms with Crippen molar-refractivity contribution in [3.8, 4) is 5.75 Å². The first-order valence-corrected chi connectivity index (χ1v) is 4.86. The topological polar surface area (TPSA) is 21.3 Å². The third-order valence-electron chi connectivity index (χ3n) is 2.24. The molecule has 1 rings (SSSR count). The van der Waals surface area contributed by atoms with Gasteiger partial charge in [0.25, 0.3) is 0 Å². The molecule has 3 heteroatoms. The number of hydrogen-bond acceptors (Lipinski definition) is 2. The molecule has 0 aliphatic carbocycles. The Morgan fingerprint density at radius 3 is 2.87 bits per heavy atom. The Labute approximate surface area is 89.8 Å². The number of benzene rings is 1. The smallest absolute Gasteiger partial charge is 0.131 e. The lowest BCUT2D eigenvalue weighted by Crippen LogP contribution is -2.19. The second-order valence-electron chi connectivity index (χ2n) is 3.31. The van der Waals surface area contributed by atoms with Gasteiger partial charge in [0.2, 0.25) is 0 Å². The summed E-state index contributed by atoms with van der Waals surface area (Å²) in [7, 11) is 1.52. The molecule has 0 radical (unpaired) electrons. The molecule has 82 valence electrons. The van der Waals surface area contributed by atoms with E-state index in [0.29, 0.717) is 17.9 Å². The van der Waals surface area contributed by atoms with Crippen LogP contribution in [0.2, 0.25) is 0 Å². The zero-order valence-electron chi connectivity index (χ0n) is 9.09. The van der Waals surface area contributed by atoms with Gasteiger partial charge in [0.1, 0.15) is 11.6 Å². The van der Waals surface area contributed by atoms with Crippen molar-refractivity contribution in [1.29, 1.82) is 0 Å². The average Bonchev–Trinajstić information content (AvgIpc) is 2.25. The number of hydrogen-bond donors (Lipinski definition) is 1. The number of rotatable bonds is 5. The van der Waals surface area contributed by atoms with Crippen LogP contribution < -0.4 is 10.1 Å². The van der Waals surface area contributed by atoms with E-state index >= 15 is 0 Å². The maximum absolute atomic E-state index is 13.6. The predicted octanol–water partition coefficient (Wildman–Crippen LogP) is 2.67. The summed E-state index contributed by atoms with van der Waals surface area (Å²) in [4.78, 5) is 0. The highest BCUT2D eigenvalue weighted by Gasteiger charge is 2.10. The largest absolute Gasteiger partial charge is 0.497 e. The zero-order chi connectivity index (χ0) is 11.3. The molecule has 0 aliphatic rings. The summed E-state index contributed by atoms with van der Waals surface area (Å²) in [6, 6.07) is 4.84. The van der Waals surface area contributed by atoms with Crippen LogP contribution in [0.4, 0.5) is 4.39 Å². The Balaban J connectivity index is 2.80. The van der Waals surface area contributed by atoms with Gasteiger partial charge in [-0.1, -0.05) is 12.1 Å². The van der Waals surface area contributed by atoms with Crippen LogP contribution in [0.3, 0.4) is 0 Å². The third kappa shape index (κ3) is 3.06. The first-order chi connectivity index (χ1) is 7.19. The molecule has 1 atom stereocenters. The first-order valence-electron chi connectivity index (χ1n) is 4.86. The maximum atomic E-state index is 13.6. The van der Waals surface area contributed by atoms with Crippen LogP contribution in [0.25, 0.3) is 0 Å². The molecule has 0 spiro atoms. The molecule has 0 saturated carbocycles. The lowest BCUT2D eigenvalue weighted by molar-refractivity contribution is 0.409. The maximum Gasteiger partial charge on any atom is 0.131 e. The van der Waals surface area contributed by atoms with Crippen molar-refractivity contribution in [3.63, 3.8) is 0 Å². The van der Waals surface area contributed by atoms with E-state index in [-0.39, 0.29) is 11.9 Å². The molecule has 0 fully saturated rings. The Morgan fingerprint density at radius 1 is 1.60 bits per heavy atom. The fourth-order valence-electron chi connectivity index (χ4n) is 1.36. The Kier molecular flexibility index (Phi) is 4.31. The van der Waals surface area contributed by atoms with E-state index in [1.165, 1.54) is 13.2 Å². The highest BCUT2D eigenvalue weighted by atomic mass is 19.1. The molecule has 1 N–H and O–H groups in total. The second-order valence-corrected chi connectivity index (χ2v) is 3.31. The lowest BCUT2D eigenvalue weighted by atomic mass is 10.1. The van der Waals surface area contributed by atoms with Gasteiger partial charge >= 0.3 is 0 Å². The molecule has 0 saturated heterocycles. The molecule has 0 bridgehead atoms. The Bertz CT molecular complexity index is 338. The van der Waals surface area contributed by atoms with E-state index < -0.39 is 0 Å². The summed E-state index contributed by atoms with van der Waals surface area (Å²) in [6.45, 7) is 6.17. The van der Waals surface area contributed by atoms with Crippen molar-refractivity contribution in [1.82, 2.24) is 5.32 Å². The van der Waals surface area contributed by atoms with E-state index in [1.54, 1.807) is 18.2 Å². The van der Waals surface area contributed by atoms with Gasteiger partial charge in [0.05, 0.1) is 7.11 Å². The predicted molar refractivity (Wildman–Crippen MR) is 59.6 cm³/mol. The van der Waals surface area contributed by atoms with Crippen LogP contribution in [0, 0.1) is 5.82 Å². The molecule has 2 nitrogen and oxygen atoms in total. The molecular weight excluding hydrogens is 193 g/mol. The SMILES string of the molecule is C=CCNC(C)c1ccc(OC)cc1F. The van der Waals surface area contributed by atoms with Gasteiger partial charge < -0.3 is 10.1 Å². The third-order valence-corrected chi connectivity index (χ3v) is 2.24. The minimum atomic E-state index is -0.251. The molecule has 0 aromatic heterocycles. The van der Waals surface area contributed by atoms with E-state index in [1.807, 2.05) is 6.92 Å². The van der Waals surface area contributed by atoms with Gasteiger partial charge in [-0.3, -0.25) is 0 Å². The number of ether oxygens (including phenoxy) is 1.